The van der Waals surface area contributed by atoms with E-state index < -0.39 is 5.60 Å². The number of rotatable bonds is 14. The van der Waals surface area contributed by atoms with Crippen molar-refractivity contribution in [1.82, 2.24) is 0 Å². The van der Waals surface area contributed by atoms with Crippen molar-refractivity contribution in [1.29, 1.82) is 0 Å². The average Bonchev–Trinajstić information content (AvgIpc) is 2.59. The van der Waals surface area contributed by atoms with Crippen LogP contribution in [-0.4, -0.2) is 24.5 Å². The lowest BCUT2D eigenvalue weighted by atomic mass is 9.96. The Hall–Kier alpha value is -1.19. The Morgan fingerprint density at radius 1 is 0.875 bits per heavy atom. The van der Waals surface area contributed by atoms with Crippen LogP contribution < -0.4 is 5.73 Å². The summed E-state index contributed by atoms with van der Waals surface area (Å²) < 4.78 is 5.86. The summed E-state index contributed by atoms with van der Waals surface area (Å²) in [5.41, 5.74) is 5.46. The van der Waals surface area contributed by atoms with Gasteiger partial charge >= 0.3 is 0 Å². The van der Waals surface area contributed by atoms with Crippen molar-refractivity contribution in [3.05, 3.63) is 35.9 Å². The minimum absolute atomic E-state index is 0.0561. The minimum Gasteiger partial charge on any atom is -0.367 e. The lowest BCUT2D eigenvalue weighted by molar-refractivity contribution is -0.00588. The molecule has 24 heavy (non-hydrogen) atoms. The van der Waals surface area contributed by atoms with Crippen molar-refractivity contribution in [2.45, 2.75) is 77.2 Å². The molecule has 0 aliphatic heterocycles. The number of unbranched alkanes of at least 4 members (excludes halogenated alkanes) is 8. The number of carbonyl (C=O) groups excluding carboxylic acids is 1. The highest BCUT2D eigenvalue weighted by molar-refractivity contribution is 6.01. The minimum atomic E-state index is -0.746. The highest BCUT2D eigenvalue weighted by Gasteiger charge is 2.29. The van der Waals surface area contributed by atoms with Gasteiger partial charge < -0.3 is 10.5 Å². The molecule has 0 aliphatic rings. The molecule has 3 nitrogen and oxygen atoms in total. The van der Waals surface area contributed by atoms with Crippen LogP contribution in [0.1, 0.15) is 82.0 Å². The van der Waals surface area contributed by atoms with E-state index in [4.69, 9.17) is 10.5 Å². The third kappa shape index (κ3) is 8.60. The van der Waals surface area contributed by atoms with E-state index in [0.29, 0.717) is 6.61 Å². The molecule has 0 heterocycles. The summed E-state index contributed by atoms with van der Waals surface area (Å²) in [6.45, 7) is 5.21. The lowest BCUT2D eigenvalue weighted by Gasteiger charge is -2.24. The Balaban J connectivity index is 2.06. The van der Waals surface area contributed by atoms with Gasteiger partial charge in [0.25, 0.3) is 0 Å². The number of nitrogens with two attached hydrogens (primary N) is 1. The molecule has 1 rings (SSSR count). The standard InChI is InChI=1S/C21H35NO2/c1-21(2,20(23)19-15-11-10-12-16-19)24-18-14-9-7-5-3-4-6-8-13-17-22/h10-12,15-16H,3-9,13-14,17-18,22H2,1-2H3. The zero-order valence-corrected chi connectivity index (χ0v) is 15.6. The number of carbonyl (C=O) groups is 1. The molecule has 0 radical (unpaired) electrons. The second-order valence-corrected chi connectivity index (χ2v) is 7.02. The van der Waals surface area contributed by atoms with Crippen LogP contribution in [0, 0.1) is 0 Å². The SMILES string of the molecule is CC(C)(OCCCCCCCCCCCN)C(=O)c1ccccc1. The predicted octanol–water partition coefficient (Wildman–Crippen LogP) is 5.13. The molecule has 1 aromatic rings. The smallest absolute Gasteiger partial charge is 0.194 e. The topological polar surface area (TPSA) is 52.3 Å². The molecule has 0 unspecified atom stereocenters. The highest BCUT2D eigenvalue weighted by Crippen LogP contribution is 2.18. The molecule has 1 aromatic carbocycles. The average molecular weight is 334 g/mol. The van der Waals surface area contributed by atoms with Gasteiger partial charge in [-0.1, -0.05) is 75.3 Å². The third-order valence-corrected chi connectivity index (χ3v) is 4.39. The Labute approximate surface area is 148 Å². The largest absolute Gasteiger partial charge is 0.367 e. The number of hydrogen-bond acceptors (Lipinski definition) is 3. The van der Waals surface area contributed by atoms with Gasteiger partial charge in [0.05, 0.1) is 0 Å². The van der Waals surface area contributed by atoms with E-state index in [2.05, 4.69) is 0 Å². The zero-order chi connectivity index (χ0) is 17.7. The van der Waals surface area contributed by atoms with Gasteiger partial charge in [0, 0.05) is 12.2 Å². The van der Waals surface area contributed by atoms with Crippen molar-refractivity contribution >= 4 is 5.78 Å². The van der Waals surface area contributed by atoms with Gasteiger partial charge in [-0.2, -0.15) is 0 Å². The molecule has 2 N–H and O–H groups in total. The van der Waals surface area contributed by atoms with Gasteiger partial charge in [-0.05, 0) is 33.2 Å². The fourth-order valence-electron chi connectivity index (χ4n) is 2.81. The van der Waals surface area contributed by atoms with Crippen molar-refractivity contribution < 1.29 is 9.53 Å². The first-order valence-corrected chi connectivity index (χ1v) is 9.52. The number of ketones is 1. The number of benzene rings is 1. The number of ether oxygens (including phenoxy) is 1. The van der Waals surface area contributed by atoms with Gasteiger partial charge in [-0.3, -0.25) is 4.79 Å². The summed E-state index contributed by atoms with van der Waals surface area (Å²) in [5, 5.41) is 0. The molecule has 0 aromatic heterocycles. The number of Topliss-reactive ketones (excluding diaryl/α,β-unsaturated/α-hetero) is 1. The second kappa shape index (κ2) is 12.2. The Morgan fingerprint density at radius 2 is 1.38 bits per heavy atom. The fraction of sp³-hybridized carbons (Fsp3) is 0.667. The molecule has 3 heteroatoms. The van der Waals surface area contributed by atoms with Gasteiger partial charge in [-0.15, -0.1) is 0 Å². The van der Waals surface area contributed by atoms with Crippen LogP contribution >= 0.6 is 0 Å². The van der Waals surface area contributed by atoms with Crippen molar-refractivity contribution in [3.63, 3.8) is 0 Å². The van der Waals surface area contributed by atoms with E-state index >= 15 is 0 Å². The van der Waals surface area contributed by atoms with Crippen molar-refractivity contribution in [2.24, 2.45) is 5.73 Å². The first-order chi connectivity index (χ1) is 11.6. The molecule has 0 saturated heterocycles. The van der Waals surface area contributed by atoms with E-state index in [1.807, 2.05) is 44.2 Å². The van der Waals surface area contributed by atoms with Crippen LogP contribution in [0.3, 0.4) is 0 Å². The second-order valence-electron chi connectivity index (χ2n) is 7.02. The van der Waals surface area contributed by atoms with Crippen LogP contribution in [0.15, 0.2) is 30.3 Å². The molecule has 0 bridgehead atoms. The van der Waals surface area contributed by atoms with Crippen LogP contribution in [0.5, 0.6) is 0 Å². The van der Waals surface area contributed by atoms with Gasteiger partial charge in [0.15, 0.2) is 5.78 Å². The highest BCUT2D eigenvalue weighted by atomic mass is 16.5. The lowest BCUT2D eigenvalue weighted by Crippen LogP contribution is -2.35. The van der Waals surface area contributed by atoms with Crippen molar-refractivity contribution in [2.75, 3.05) is 13.2 Å². The van der Waals surface area contributed by atoms with Crippen LogP contribution in [0.2, 0.25) is 0 Å². The quantitative estimate of drug-likeness (QED) is 0.379. The Kier molecular flexibility index (Phi) is 10.6. The summed E-state index contributed by atoms with van der Waals surface area (Å²) in [6, 6.07) is 9.39. The summed E-state index contributed by atoms with van der Waals surface area (Å²) in [7, 11) is 0. The van der Waals surface area contributed by atoms with E-state index in [-0.39, 0.29) is 5.78 Å². The van der Waals surface area contributed by atoms with Crippen LogP contribution in [0.25, 0.3) is 0 Å². The monoisotopic (exact) mass is 333 g/mol. The van der Waals surface area contributed by atoms with E-state index in [1.54, 1.807) is 0 Å². The van der Waals surface area contributed by atoms with E-state index in [9.17, 15) is 4.79 Å². The maximum absolute atomic E-state index is 12.4. The summed E-state index contributed by atoms with van der Waals surface area (Å²) in [4.78, 5) is 12.4. The van der Waals surface area contributed by atoms with E-state index in [0.717, 1.165) is 24.9 Å². The third-order valence-electron chi connectivity index (χ3n) is 4.39. The maximum atomic E-state index is 12.4. The number of hydrogen-bond donors (Lipinski definition) is 1. The van der Waals surface area contributed by atoms with E-state index in [1.165, 1.54) is 44.9 Å². The first kappa shape index (κ1) is 20.9. The zero-order valence-electron chi connectivity index (χ0n) is 15.6. The molecular weight excluding hydrogens is 298 g/mol. The summed E-state index contributed by atoms with van der Waals surface area (Å²) >= 11 is 0. The van der Waals surface area contributed by atoms with Gasteiger partial charge in [-0.25, -0.2) is 0 Å². The molecule has 0 aliphatic carbocycles. The predicted molar refractivity (Wildman–Crippen MR) is 101 cm³/mol. The molecule has 0 fully saturated rings. The Morgan fingerprint density at radius 3 is 1.92 bits per heavy atom. The van der Waals surface area contributed by atoms with Crippen molar-refractivity contribution in [3.8, 4) is 0 Å². The van der Waals surface area contributed by atoms with Crippen LogP contribution in [0.4, 0.5) is 0 Å². The summed E-state index contributed by atoms with van der Waals surface area (Å²) in [5.74, 6) is 0.0561. The fourth-order valence-corrected chi connectivity index (χ4v) is 2.81. The molecule has 0 saturated carbocycles. The summed E-state index contributed by atoms with van der Waals surface area (Å²) in [6.07, 6.45) is 11.2. The van der Waals surface area contributed by atoms with Gasteiger partial charge in [0.1, 0.15) is 5.60 Å². The molecule has 0 spiro atoms. The van der Waals surface area contributed by atoms with Gasteiger partial charge in [0.2, 0.25) is 0 Å². The molecule has 0 atom stereocenters. The molecule has 0 amide bonds. The maximum Gasteiger partial charge on any atom is 0.194 e. The Bertz CT molecular complexity index is 442. The normalized spacial score (nSPS) is 11.6. The first-order valence-electron chi connectivity index (χ1n) is 9.52. The van der Waals surface area contributed by atoms with Crippen LogP contribution in [-0.2, 0) is 4.74 Å². The molecule has 136 valence electrons. The molecular formula is C21H35NO2.